The molecule has 1 nitrogen and oxygen atoms in total. The van der Waals surface area contributed by atoms with Gasteiger partial charge in [0.15, 0.2) is 0 Å². The maximum Gasteiger partial charge on any atom is 0.0615 e. The number of ether oxygens (including phenoxy) is 1. The standard InChI is InChI=1S/C22H38O/c1-3-5-6-7-8-9-10-11-12-16-19-22(23-4-2)20-21-17-14-13-15-18-21/h13-15,17-18,22H,3-12,16,19-20H2,1-2H3. The molecule has 1 aromatic rings. The Bertz CT molecular complexity index is 346. The van der Waals surface area contributed by atoms with Crippen molar-refractivity contribution in [2.75, 3.05) is 6.61 Å². The molecule has 0 aliphatic carbocycles. The zero-order valence-corrected chi connectivity index (χ0v) is 15.6. The Hall–Kier alpha value is -0.820. The van der Waals surface area contributed by atoms with Gasteiger partial charge in [-0.15, -0.1) is 0 Å². The summed E-state index contributed by atoms with van der Waals surface area (Å²) in [7, 11) is 0. The Labute approximate surface area is 144 Å². The summed E-state index contributed by atoms with van der Waals surface area (Å²) in [5.41, 5.74) is 1.40. The van der Waals surface area contributed by atoms with Crippen LogP contribution in [0.4, 0.5) is 0 Å². The summed E-state index contributed by atoms with van der Waals surface area (Å²) in [6.07, 6.45) is 16.7. The quantitative estimate of drug-likeness (QED) is 0.318. The van der Waals surface area contributed by atoms with Crippen LogP contribution in [0, 0.1) is 0 Å². The van der Waals surface area contributed by atoms with Gasteiger partial charge in [-0.05, 0) is 25.3 Å². The summed E-state index contributed by atoms with van der Waals surface area (Å²) >= 11 is 0. The third-order valence-electron chi connectivity index (χ3n) is 4.59. The lowest BCUT2D eigenvalue weighted by atomic mass is 10.0. The third-order valence-corrected chi connectivity index (χ3v) is 4.59. The molecule has 0 saturated carbocycles. The number of benzene rings is 1. The molecular formula is C22H38O. The van der Waals surface area contributed by atoms with Gasteiger partial charge in [-0.3, -0.25) is 0 Å². The summed E-state index contributed by atoms with van der Waals surface area (Å²) < 4.78 is 5.93. The highest BCUT2D eigenvalue weighted by Gasteiger charge is 2.09. The van der Waals surface area contributed by atoms with E-state index in [-0.39, 0.29) is 0 Å². The lowest BCUT2D eigenvalue weighted by Gasteiger charge is -2.17. The molecule has 0 heterocycles. The van der Waals surface area contributed by atoms with Crippen LogP contribution in [0.1, 0.15) is 90.0 Å². The first-order chi connectivity index (χ1) is 11.4. The minimum atomic E-state index is 0.399. The molecule has 1 heteroatoms. The number of hydrogen-bond acceptors (Lipinski definition) is 1. The van der Waals surface area contributed by atoms with Gasteiger partial charge in [0, 0.05) is 6.61 Å². The predicted molar refractivity (Wildman–Crippen MR) is 102 cm³/mol. The van der Waals surface area contributed by atoms with Gasteiger partial charge in [0.05, 0.1) is 6.10 Å². The Morgan fingerprint density at radius 2 is 1.30 bits per heavy atom. The lowest BCUT2D eigenvalue weighted by Crippen LogP contribution is -2.16. The summed E-state index contributed by atoms with van der Waals surface area (Å²) in [6, 6.07) is 10.8. The summed E-state index contributed by atoms with van der Waals surface area (Å²) in [5, 5.41) is 0. The van der Waals surface area contributed by atoms with Crippen LogP contribution in [0.3, 0.4) is 0 Å². The molecule has 1 atom stereocenters. The average Bonchev–Trinajstić information content (AvgIpc) is 2.57. The summed E-state index contributed by atoms with van der Waals surface area (Å²) in [6.45, 7) is 5.22. The number of rotatable bonds is 15. The Balaban J connectivity index is 2.02. The monoisotopic (exact) mass is 318 g/mol. The molecule has 132 valence electrons. The SMILES string of the molecule is CCCCCCCCCCCCC(Cc1ccccc1)OCC. The van der Waals surface area contributed by atoms with Crippen molar-refractivity contribution in [1.29, 1.82) is 0 Å². The van der Waals surface area contributed by atoms with Gasteiger partial charge in [0.1, 0.15) is 0 Å². The smallest absolute Gasteiger partial charge is 0.0615 e. The van der Waals surface area contributed by atoms with Crippen molar-refractivity contribution in [1.82, 2.24) is 0 Å². The zero-order valence-electron chi connectivity index (χ0n) is 15.6. The lowest BCUT2D eigenvalue weighted by molar-refractivity contribution is 0.0552. The van der Waals surface area contributed by atoms with E-state index in [0.717, 1.165) is 13.0 Å². The summed E-state index contributed by atoms with van der Waals surface area (Å²) in [5.74, 6) is 0. The van der Waals surface area contributed by atoms with Crippen LogP contribution >= 0.6 is 0 Å². The molecule has 0 fully saturated rings. The number of hydrogen-bond donors (Lipinski definition) is 0. The molecule has 0 aliphatic rings. The van der Waals surface area contributed by atoms with Crippen molar-refractivity contribution >= 4 is 0 Å². The maximum absolute atomic E-state index is 5.93. The van der Waals surface area contributed by atoms with Gasteiger partial charge in [0.25, 0.3) is 0 Å². The second-order valence-electron chi connectivity index (χ2n) is 6.74. The second-order valence-corrected chi connectivity index (χ2v) is 6.74. The van der Waals surface area contributed by atoms with E-state index in [0.29, 0.717) is 6.10 Å². The Morgan fingerprint density at radius 1 is 0.739 bits per heavy atom. The van der Waals surface area contributed by atoms with Crippen molar-refractivity contribution in [2.24, 2.45) is 0 Å². The molecule has 1 aromatic carbocycles. The normalized spacial score (nSPS) is 12.4. The highest BCUT2D eigenvalue weighted by atomic mass is 16.5. The van der Waals surface area contributed by atoms with E-state index in [4.69, 9.17) is 4.74 Å². The van der Waals surface area contributed by atoms with Crippen LogP contribution in [0.25, 0.3) is 0 Å². The fraction of sp³-hybridized carbons (Fsp3) is 0.727. The average molecular weight is 319 g/mol. The molecule has 0 N–H and O–H groups in total. The van der Waals surface area contributed by atoms with Gasteiger partial charge in [-0.25, -0.2) is 0 Å². The van der Waals surface area contributed by atoms with Crippen molar-refractivity contribution in [3.63, 3.8) is 0 Å². The predicted octanol–water partition coefficient (Wildman–Crippen LogP) is 6.95. The highest BCUT2D eigenvalue weighted by Crippen LogP contribution is 2.15. The van der Waals surface area contributed by atoms with E-state index in [1.54, 1.807) is 0 Å². The number of unbranched alkanes of at least 4 members (excludes halogenated alkanes) is 9. The van der Waals surface area contributed by atoms with Gasteiger partial charge in [-0.2, -0.15) is 0 Å². The van der Waals surface area contributed by atoms with E-state index in [1.807, 2.05) is 0 Å². The topological polar surface area (TPSA) is 9.23 Å². The zero-order chi connectivity index (χ0) is 16.6. The first-order valence-electron chi connectivity index (χ1n) is 10.0. The molecule has 0 radical (unpaired) electrons. The minimum absolute atomic E-state index is 0.399. The van der Waals surface area contributed by atoms with Crippen molar-refractivity contribution in [3.05, 3.63) is 35.9 Å². The van der Waals surface area contributed by atoms with Crippen molar-refractivity contribution in [2.45, 2.75) is 97.0 Å². The molecule has 0 aromatic heterocycles. The molecule has 0 amide bonds. The fourth-order valence-corrected chi connectivity index (χ4v) is 3.22. The van der Waals surface area contributed by atoms with Crippen LogP contribution in [-0.2, 0) is 11.2 Å². The minimum Gasteiger partial charge on any atom is -0.378 e. The first kappa shape index (κ1) is 20.2. The van der Waals surface area contributed by atoms with Gasteiger partial charge in [0.2, 0.25) is 0 Å². The fourth-order valence-electron chi connectivity index (χ4n) is 3.22. The third kappa shape index (κ3) is 11.4. The van der Waals surface area contributed by atoms with Crippen LogP contribution in [0.2, 0.25) is 0 Å². The van der Waals surface area contributed by atoms with Crippen LogP contribution in [0.5, 0.6) is 0 Å². The maximum atomic E-state index is 5.93. The van der Waals surface area contributed by atoms with Crippen LogP contribution in [0.15, 0.2) is 30.3 Å². The van der Waals surface area contributed by atoms with Gasteiger partial charge in [-0.1, -0.05) is 101 Å². The molecule has 1 unspecified atom stereocenters. The highest BCUT2D eigenvalue weighted by molar-refractivity contribution is 5.15. The van der Waals surface area contributed by atoms with E-state index < -0.39 is 0 Å². The van der Waals surface area contributed by atoms with Crippen LogP contribution in [-0.4, -0.2) is 12.7 Å². The Morgan fingerprint density at radius 3 is 1.87 bits per heavy atom. The van der Waals surface area contributed by atoms with Crippen molar-refractivity contribution in [3.8, 4) is 0 Å². The van der Waals surface area contributed by atoms with Crippen molar-refractivity contribution < 1.29 is 4.74 Å². The summed E-state index contributed by atoms with van der Waals surface area (Å²) in [4.78, 5) is 0. The second kappa shape index (κ2) is 14.8. The molecule has 0 bridgehead atoms. The molecule has 0 aliphatic heterocycles. The molecule has 0 spiro atoms. The Kier molecular flexibility index (Phi) is 13.0. The first-order valence-corrected chi connectivity index (χ1v) is 10.0. The van der Waals surface area contributed by atoms with E-state index in [9.17, 15) is 0 Å². The molecule has 0 saturated heterocycles. The van der Waals surface area contributed by atoms with E-state index >= 15 is 0 Å². The van der Waals surface area contributed by atoms with Gasteiger partial charge >= 0.3 is 0 Å². The van der Waals surface area contributed by atoms with Crippen LogP contribution < -0.4 is 0 Å². The molecule has 1 rings (SSSR count). The van der Waals surface area contributed by atoms with E-state index in [1.165, 1.54) is 76.2 Å². The molecular weight excluding hydrogens is 280 g/mol. The largest absolute Gasteiger partial charge is 0.378 e. The van der Waals surface area contributed by atoms with Gasteiger partial charge < -0.3 is 4.74 Å². The molecule has 23 heavy (non-hydrogen) atoms. The van der Waals surface area contributed by atoms with E-state index in [2.05, 4.69) is 44.2 Å².